The van der Waals surface area contributed by atoms with Crippen LogP contribution < -0.4 is 0 Å². The summed E-state index contributed by atoms with van der Waals surface area (Å²) >= 11 is 0. The lowest BCUT2D eigenvalue weighted by Gasteiger charge is -2.04. The smallest absolute Gasteiger partial charge is 0.152 e. The first kappa shape index (κ1) is 29.3. The summed E-state index contributed by atoms with van der Waals surface area (Å²) in [6.45, 7) is 4.50. The summed E-state index contributed by atoms with van der Waals surface area (Å²) in [5, 5.41) is 1.94. The minimum atomic E-state index is 0.693. The van der Waals surface area contributed by atoms with Crippen LogP contribution in [0, 0.1) is 0 Å². The Morgan fingerprint density at radius 1 is 0.500 bits per heavy atom. The van der Waals surface area contributed by atoms with Crippen molar-refractivity contribution in [2.24, 2.45) is 0 Å². The van der Waals surface area contributed by atoms with E-state index in [-0.39, 0.29) is 0 Å². The molecular formula is C38H42N4. The fourth-order valence-corrected chi connectivity index (χ4v) is 5.19. The zero-order valence-corrected chi connectivity index (χ0v) is 25.1. The fourth-order valence-electron chi connectivity index (χ4n) is 5.19. The van der Waals surface area contributed by atoms with E-state index in [1.54, 1.807) is 0 Å². The number of nitrogens with zero attached hydrogens (tertiary/aromatic N) is 4. The van der Waals surface area contributed by atoms with Gasteiger partial charge >= 0.3 is 0 Å². The summed E-state index contributed by atoms with van der Waals surface area (Å²) in [5.74, 6) is 1.39. The summed E-state index contributed by atoms with van der Waals surface area (Å²) in [5.41, 5.74) is 6.89. The molecule has 0 atom stereocenters. The molecule has 0 aliphatic rings. The zero-order valence-electron chi connectivity index (χ0n) is 25.1. The van der Waals surface area contributed by atoms with E-state index in [1.807, 2.05) is 36.7 Å². The molecule has 2 aromatic heterocycles. The highest BCUT2D eigenvalue weighted by Gasteiger charge is 2.04. The fraction of sp³-hybridized carbons (Fsp3) is 0.316. The third-order valence-electron chi connectivity index (χ3n) is 7.76. The van der Waals surface area contributed by atoms with Gasteiger partial charge in [0.25, 0.3) is 0 Å². The van der Waals surface area contributed by atoms with Crippen molar-refractivity contribution in [3.63, 3.8) is 0 Å². The predicted octanol–water partition coefficient (Wildman–Crippen LogP) is 10.2. The molecule has 0 amide bonds. The van der Waals surface area contributed by atoms with Gasteiger partial charge in [0, 0.05) is 23.2 Å². The standard InChI is InChI=1S/C38H42N4/c1-3-5-7-9-11-29-13-17-31(18-14-29)21-23-37-39-27-33-26-36-34(25-35(33)41-37)28-40-38(42-36)24-22-32-19-15-30(16-20-32)12-10-8-6-4-2/h13-28H,3-12H2,1-2H3/b23-21+,24-22+. The van der Waals surface area contributed by atoms with Crippen LogP contribution in [0.5, 0.6) is 0 Å². The Kier molecular flexibility index (Phi) is 10.6. The van der Waals surface area contributed by atoms with Crippen molar-refractivity contribution in [3.05, 3.63) is 107 Å². The van der Waals surface area contributed by atoms with Crippen LogP contribution in [0.25, 0.3) is 46.1 Å². The molecule has 0 aliphatic carbocycles. The van der Waals surface area contributed by atoms with E-state index >= 15 is 0 Å². The highest BCUT2D eigenvalue weighted by Crippen LogP contribution is 2.21. The second-order valence-corrected chi connectivity index (χ2v) is 11.2. The lowest BCUT2D eigenvalue weighted by Crippen LogP contribution is -1.92. The van der Waals surface area contributed by atoms with Gasteiger partial charge < -0.3 is 0 Å². The lowest BCUT2D eigenvalue weighted by molar-refractivity contribution is 0.667. The van der Waals surface area contributed by atoms with Crippen LogP contribution in [0.15, 0.2) is 73.1 Å². The normalized spacial score (nSPS) is 11.9. The topological polar surface area (TPSA) is 51.6 Å². The molecule has 0 fully saturated rings. The van der Waals surface area contributed by atoms with Crippen LogP contribution in [0.1, 0.15) is 99.1 Å². The summed E-state index contributed by atoms with van der Waals surface area (Å²) in [7, 11) is 0. The third kappa shape index (κ3) is 8.42. The Bertz CT molecular complexity index is 1510. The van der Waals surface area contributed by atoms with E-state index in [0.717, 1.165) is 45.8 Å². The van der Waals surface area contributed by atoms with Crippen LogP contribution in [0.2, 0.25) is 0 Å². The van der Waals surface area contributed by atoms with E-state index in [1.165, 1.54) is 62.5 Å². The maximum absolute atomic E-state index is 4.78. The van der Waals surface area contributed by atoms with Crippen molar-refractivity contribution in [2.45, 2.75) is 78.1 Å². The zero-order chi connectivity index (χ0) is 29.0. The second kappa shape index (κ2) is 15.2. The van der Waals surface area contributed by atoms with Gasteiger partial charge in [0.05, 0.1) is 11.0 Å². The molecule has 5 aromatic rings. The lowest BCUT2D eigenvalue weighted by atomic mass is 10.0. The van der Waals surface area contributed by atoms with Gasteiger partial charge in [0.15, 0.2) is 11.6 Å². The van der Waals surface area contributed by atoms with Crippen molar-refractivity contribution in [1.29, 1.82) is 0 Å². The molecule has 4 heteroatoms. The van der Waals surface area contributed by atoms with E-state index in [2.05, 4.69) is 84.5 Å². The van der Waals surface area contributed by atoms with E-state index in [9.17, 15) is 0 Å². The number of aromatic nitrogens is 4. The molecule has 0 N–H and O–H groups in total. The predicted molar refractivity (Wildman–Crippen MR) is 179 cm³/mol. The van der Waals surface area contributed by atoms with Gasteiger partial charge in [-0.3, -0.25) is 0 Å². The molecule has 0 aliphatic heterocycles. The maximum atomic E-state index is 4.78. The molecule has 0 radical (unpaired) electrons. The molecule has 4 nitrogen and oxygen atoms in total. The summed E-state index contributed by atoms with van der Waals surface area (Å²) in [6.07, 6.45) is 24.5. The molecule has 214 valence electrons. The average molecular weight is 555 g/mol. The largest absolute Gasteiger partial charge is 0.236 e. The minimum Gasteiger partial charge on any atom is -0.236 e. The van der Waals surface area contributed by atoms with E-state index in [0.29, 0.717) is 11.6 Å². The molecule has 3 aromatic carbocycles. The number of rotatable bonds is 14. The minimum absolute atomic E-state index is 0.693. The monoisotopic (exact) mass is 554 g/mol. The first-order chi connectivity index (χ1) is 20.7. The van der Waals surface area contributed by atoms with Crippen LogP contribution in [0.3, 0.4) is 0 Å². The van der Waals surface area contributed by atoms with Gasteiger partial charge in [-0.1, -0.05) is 113 Å². The quantitative estimate of drug-likeness (QED) is 0.101. The van der Waals surface area contributed by atoms with Gasteiger partial charge in [0.1, 0.15) is 0 Å². The van der Waals surface area contributed by atoms with Gasteiger partial charge in [-0.05, 0) is 72.2 Å². The van der Waals surface area contributed by atoms with Crippen LogP contribution in [-0.4, -0.2) is 19.9 Å². The molecule has 0 spiro atoms. The molecule has 2 heterocycles. The van der Waals surface area contributed by atoms with Crippen molar-refractivity contribution in [2.75, 3.05) is 0 Å². The number of hydrogen-bond acceptors (Lipinski definition) is 4. The van der Waals surface area contributed by atoms with Crippen molar-refractivity contribution >= 4 is 46.1 Å². The highest BCUT2D eigenvalue weighted by atomic mass is 14.9. The third-order valence-corrected chi connectivity index (χ3v) is 7.76. The molecule has 0 unspecified atom stereocenters. The van der Waals surface area contributed by atoms with Gasteiger partial charge in [0.2, 0.25) is 0 Å². The van der Waals surface area contributed by atoms with Crippen molar-refractivity contribution < 1.29 is 0 Å². The Morgan fingerprint density at radius 2 is 0.929 bits per heavy atom. The maximum Gasteiger partial charge on any atom is 0.152 e. The molecular weight excluding hydrogens is 512 g/mol. The number of unbranched alkanes of at least 4 members (excludes halogenated alkanes) is 6. The van der Waals surface area contributed by atoms with Crippen LogP contribution in [0.4, 0.5) is 0 Å². The summed E-state index contributed by atoms with van der Waals surface area (Å²) < 4.78 is 0. The molecule has 0 bridgehead atoms. The van der Waals surface area contributed by atoms with E-state index < -0.39 is 0 Å². The molecule has 0 saturated heterocycles. The molecule has 0 saturated carbocycles. The van der Waals surface area contributed by atoms with Gasteiger partial charge in [-0.15, -0.1) is 0 Å². The first-order valence-electron chi connectivity index (χ1n) is 15.7. The SMILES string of the molecule is CCCCCCc1ccc(/C=C/c2ncc3cc4nc(/C=C/c5ccc(CCCCCC)cc5)ncc4cc3n2)cc1. The van der Waals surface area contributed by atoms with Gasteiger partial charge in [-0.25, -0.2) is 19.9 Å². The number of benzene rings is 3. The second-order valence-electron chi connectivity index (χ2n) is 11.2. The number of hydrogen-bond donors (Lipinski definition) is 0. The average Bonchev–Trinajstić information content (AvgIpc) is 3.03. The van der Waals surface area contributed by atoms with Gasteiger partial charge in [-0.2, -0.15) is 0 Å². The Hall–Kier alpha value is -4.18. The summed E-state index contributed by atoms with van der Waals surface area (Å²) in [4.78, 5) is 18.7. The molecule has 5 rings (SSSR count). The van der Waals surface area contributed by atoms with Crippen LogP contribution in [-0.2, 0) is 12.8 Å². The van der Waals surface area contributed by atoms with Crippen molar-refractivity contribution in [3.8, 4) is 0 Å². The molecule has 42 heavy (non-hydrogen) atoms. The Labute approximate surface area is 250 Å². The van der Waals surface area contributed by atoms with Crippen LogP contribution >= 0.6 is 0 Å². The highest BCUT2D eigenvalue weighted by molar-refractivity contribution is 5.94. The Morgan fingerprint density at radius 3 is 1.33 bits per heavy atom. The first-order valence-corrected chi connectivity index (χ1v) is 15.7. The van der Waals surface area contributed by atoms with E-state index in [4.69, 9.17) is 9.97 Å². The summed E-state index contributed by atoms with van der Waals surface area (Å²) in [6, 6.07) is 21.7. The van der Waals surface area contributed by atoms with Crippen molar-refractivity contribution in [1.82, 2.24) is 19.9 Å². The number of fused-ring (bicyclic) bond motifs is 2. The Balaban J connectivity index is 1.22. The number of aryl methyl sites for hydroxylation is 2.